The van der Waals surface area contributed by atoms with Crippen LogP contribution in [0.2, 0.25) is 0 Å². The number of methoxy groups -OCH3 is 2. The Hall–Kier alpha value is -2.23. The van der Waals surface area contributed by atoms with E-state index in [4.69, 9.17) is 9.47 Å². The van der Waals surface area contributed by atoms with Gasteiger partial charge in [-0.2, -0.15) is 0 Å². The fourth-order valence-corrected chi connectivity index (χ4v) is 1.94. The topological polar surface area (TPSA) is 38.7 Å². The smallest absolute Gasteiger partial charge is 0.165 e. The molecule has 0 fully saturated rings. The molecule has 0 aliphatic rings. The Bertz CT molecular complexity index is 582. The van der Waals surface area contributed by atoms with E-state index in [-0.39, 0.29) is 11.5 Å². The number of benzene rings is 2. The molecule has 3 nitrogen and oxygen atoms in total. The van der Waals surface area contributed by atoms with Crippen molar-refractivity contribution in [2.24, 2.45) is 0 Å². The van der Waals surface area contributed by atoms with Gasteiger partial charge in [0, 0.05) is 12.0 Å². The molecule has 1 N–H and O–H groups in total. The predicted molar refractivity (Wildman–Crippen MR) is 70.4 cm³/mol. The molecule has 0 bridgehead atoms. The van der Waals surface area contributed by atoms with Crippen LogP contribution in [0.25, 0.3) is 0 Å². The third-order valence-electron chi connectivity index (χ3n) is 2.87. The van der Waals surface area contributed by atoms with Crippen molar-refractivity contribution in [3.8, 4) is 17.2 Å². The largest absolute Gasteiger partial charge is 0.508 e. The summed E-state index contributed by atoms with van der Waals surface area (Å²) >= 11 is 0. The highest BCUT2D eigenvalue weighted by Crippen LogP contribution is 2.27. The first-order valence-corrected chi connectivity index (χ1v) is 5.82. The number of hydrogen-bond donors (Lipinski definition) is 1. The maximum Gasteiger partial charge on any atom is 0.165 e. The van der Waals surface area contributed by atoms with E-state index >= 15 is 0 Å². The Balaban J connectivity index is 2.30. The van der Waals surface area contributed by atoms with Crippen molar-refractivity contribution in [3.05, 3.63) is 53.3 Å². The number of hydrogen-bond acceptors (Lipinski definition) is 3. The lowest BCUT2D eigenvalue weighted by Gasteiger charge is -2.10. The molecule has 0 heterocycles. The van der Waals surface area contributed by atoms with Crippen molar-refractivity contribution in [3.63, 3.8) is 0 Å². The molecule has 0 radical (unpaired) electrons. The third kappa shape index (κ3) is 2.96. The van der Waals surface area contributed by atoms with Crippen molar-refractivity contribution >= 4 is 0 Å². The molecule has 2 rings (SSSR count). The first-order chi connectivity index (χ1) is 9.13. The van der Waals surface area contributed by atoms with E-state index in [2.05, 4.69) is 0 Å². The van der Waals surface area contributed by atoms with Crippen LogP contribution in [0.15, 0.2) is 36.4 Å². The van der Waals surface area contributed by atoms with E-state index in [0.717, 1.165) is 11.1 Å². The van der Waals surface area contributed by atoms with Crippen molar-refractivity contribution in [1.29, 1.82) is 0 Å². The first-order valence-electron chi connectivity index (χ1n) is 5.82. The molecule has 4 heteroatoms. The fourth-order valence-electron chi connectivity index (χ4n) is 1.94. The minimum absolute atomic E-state index is 0.157. The normalized spacial score (nSPS) is 10.3. The standard InChI is InChI=1S/C15H15FO3/c1-18-14-6-4-12(17)9-11(14)7-10-3-5-15(19-2)13(16)8-10/h3-6,8-9,17H,7H2,1-2H3. The van der Waals surface area contributed by atoms with Gasteiger partial charge >= 0.3 is 0 Å². The van der Waals surface area contributed by atoms with Crippen molar-refractivity contribution in [2.45, 2.75) is 6.42 Å². The minimum Gasteiger partial charge on any atom is -0.508 e. The van der Waals surface area contributed by atoms with Gasteiger partial charge in [-0.05, 0) is 35.9 Å². The van der Waals surface area contributed by atoms with Crippen molar-refractivity contribution in [1.82, 2.24) is 0 Å². The molecule has 0 aliphatic carbocycles. The quantitative estimate of drug-likeness (QED) is 0.920. The van der Waals surface area contributed by atoms with Gasteiger partial charge in [-0.3, -0.25) is 0 Å². The van der Waals surface area contributed by atoms with Crippen LogP contribution in [0, 0.1) is 5.82 Å². The van der Waals surface area contributed by atoms with Gasteiger partial charge in [-0.1, -0.05) is 6.07 Å². The molecule has 0 atom stereocenters. The third-order valence-corrected chi connectivity index (χ3v) is 2.87. The maximum absolute atomic E-state index is 13.6. The molecule has 19 heavy (non-hydrogen) atoms. The molecular formula is C15H15FO3. The minimum atomic E-state index is -0.404. The molecule has 2 aromatic carbocycles. The van der Waals surface area contributed by atoms with Gasteiger partial charge in [-0.25, -0.2) is 4.39 Å². The second kappa shape index (κ2) is 5.61. The fraction of sp³-hybridized carbons (Fsp3) is 0.200. The average molecular weight is 262 g/mol. The van der Waals surface area contributed by atoms with Gasteiger partial charge in [0.15, 0.2) is 11.6 Å². The summed E-state index contributed by atoms with van der Waals surface area (Å²) in [5, 5.41) is 9.50. The van der Waals surface area contributed by atoms with E-state index < -0.39 is 5.82 Å². The predicted octanol–water partition coefficient (Wildman–Crippen LogP) is 3.14. The van der Waals surface area contributed by atoms with Gasteiger partial charge < -0.3 is 14.6 Å². The van der Waals surface area contributed by atoms with Gasteiger partial charge in [0.1, 0.15) is 11.5 Å². The van der Waals surface area contributed by atoms with Gasteiger partial charge in [0.2, 0.25) is 0 Å². The SMILES string of the molecule is COc1ccc(Cc2cc(O)ccc2OC)cc1F. The van der Waals surface area contributed by atoms with Crippen molar-refractivity contribution in [2.75, 3.05) is 14.2 Å². The van der Waals surface area contributed by atoms with E-state index in [1.54, 1.807) is 37.4 Å². The average Bonchev–Trinajstić information content (AvgIpc) is 2.39. The van der Waals surface area contributed by atoms with E-state index in [1.165, 1.54) is 13.2 Å². The van der Waals surface area contributed by atoms with Gasteiger partial charge in [0.05, 0.1) is 14.2 Å². The zero-order chi connectivity index (χ0) is 13.8. The second-order valence-electron chi connectivity index (χ2n) is 4.14. The zero-order valence-corrected chi connectivity index (χ0v) is 10.8. The summed E-state index contributed by atoms with van der Waals surface area (Å²) in [6, 6.07) is 9.64. The highest BCUT2D eigenvalue weighted by Gasteiger charge is 2.08. The molecule has 0 saturated carbocycles. The number of rotatable bonds is 4. The lowest BCUT2D eigenvalue weighted by Crippen LogP contribution is -1.95. The van der Waals surface area contributed by atoms with Crippen LogP contribution in [0.1, 0.15) is 11.1 Å². The van der Waals surface area contributed by atoms with E-state index in [9.17, 15) is 9.50 Å². The monoisotopic (exact) mass is 262 g/mol. The van der Waals surface area contributed by atoms with Crippen LogP contribution in [0.5, 0.6) is 17.2 Å². The zero-order valence-electron chi connectivity index (χ0n) is 10.8. The van der Waals surface area contributed by atoms with Crippen LogP contribution in [-0.4, -0.2) is 19.3 Å². The highest BCUT2D eigenvalue weighted by atomic mass is 19.1. The van der Waals surface area contributed by atoms with Crippen LogP contribution < -0.4 is 9.47 Å². The molecule has 100 valence electrons. The maximum atomic E-state index is 13.6. The highest BCUT2D eigenvalue weighted by molar-refractivity contribution is 5.43. The molecule has 0 aliphatic heterocycles. The summed E-state index contributed by atoms with van der Waals surface area (Å²) in [6.07, 6.45) is 0.471. The lowest BCUT2D eigenvalue weighted by atomic mass is 10.0. The summed E-state index contributed by atoms with van der Waals surface area (Å²) in [4.78, 5) is 0. The van der Waals surface area contributed by atoms with Gasteiger partial charge in [0.25, 0.3) is 0 Å². The number of halogens is 1. The number of aromatic hydroxyl groups is 1. The summed E-state index contributed by atoms with van der Waals surface area (Å²) < 4.78 is 23.7. The summed E-state index contributed by atoms with van der Waals surface area (Å²) in [7, 11) is 2.99. The Kier molecular flexibility index (Phi) is 3.90. The summed E-state index contributed by atoms with van der Waals surface area (Å²) in [5.41, 5.74) is 1.58. The summed E-state index contributed by atoms with van der Waals surface area (Å²) in [5.74, 6) is 0.629. The molecular weight excluding hydrogens is 247 g/mol. The Morgan fingerprint density at radius 3 is 2.32 bits per heavy atom. The molecule has 0 amide bonds. The number of ether oxygens (including phenoxy) is 2. The van der Waals surface area contributed by atoms with Crippen LogP contribution in [0.3, 0.4) is 0 Å². The Morgan fingerprint density at radius 2 is 1.68 bits per heavy atom. The Morgan fingerprint density at radius 1 is 1.00 bits per heavy atom. The molecule has 0 aromatic heterocycles. The summed E-state index contributed by atoms with van der Waals surface area (Å²) in [6.45, 7) is 0. The molecule has 0 spiro atoms. The Labute approximate surface area is 111 Å². The molecule has 0 saturated heterocycles. The molecule has 2 aromatic rings. The van der Waals surface area contributed by atoms with Crippen LogP contribution >= 0.6 is 0 Å². The number of phenolic OH excluding ortho intramolecular Hbond substituents is 1. The van der Waals surface area contributed by atoms with E-state index in [1.807, 2.05) is 0 Å². The van der Waals surface area contributed by atoms with E-state index in [0.29, 0.717) is 12.2 Å². The first kappa shape index (κ1) is 13.2. The molecule has 0 unspecified atom stereocenters. The van der Waals surface area contributed by atoms with Crippen LogP contribution in [0.4, 0.5) is 4.39 Å². The lowest BCUT2D eigenvalue weighted by molar-refractivity contribution is 0.386. The van der Waals surface area contributed by atoms with Gasteiger partial charge in [-0.15, -0.1) is 0 Å². The van der Waals surface area contributed by atoms with Crippen LogP contribution in [-0.2, 0) is 6.42 Å². The second-order valence-corrected chi connectivity index (χ2v) is 4.14. The van der Waals surface area contributed by atoms with Crippen molar-refractivity contribution < 1.29 is 19.0 Å². The number of phenols is 1.